The van der Waals surface area contributed by atoms with E-state index in [9.17, 15) is 0 Å². The zero-order valence-corrected chi connectivity index (χ0v) is 14.0. The molecular weight excluding hydrogens is 262 g/mol. The van der Waals surface area contributed by atoms with Gasteiger partial charge >= 0.3 is 0 Å². The second kappa shape index (κ2) is 9.27. The average molecular weight is 291 g/mol. The Morgan fingerprint density at radius 1 is 1.24 bits per heavy atom. The molecule has 0 aliphatic heterocycles. The number of methoxy groups -OCH3 is 1. The maximum absolute atomic E-state index is 5.18. The predicted octanol–water partition coefficient (Wildman–Crippen LogP) is 3.14. The molecule has 0 aliphatic carbocycles. The highest BCUT2D eigenvalue weighted by Crippen LogP contribution is 2.12. The van der Waals surface area contributed by atoms with E-state index in [1.807, 2.05) is 19.2 Å². The van der Waals surface area contributed by atoms with Crippen LogP contribution in [0.15, 0.2) is 29.3 Å². The summed E-state index contributed by atoms with van der Waals surface area (Å²) in [6, 6.07) is 8.15. The van der Waals surface area contributed by atoms with Crippen molar-refractivity contribution in [2.24, 2.45) is 10.9 Å². The Kier molecular flexibility index (Phi) is 7.65. The molecule has 0 heterocycles. The molecule has 4 heteroatoms. The highest BCUT2D eigenvalue weighted by atomic mass is 16.5. The second-order valence-electron chi connectivity index (χ2n) is 5.31. The predicted molar refractivity (Wildman–Crippen MR) is 89.9 cm³/mol. The quantitative estimate of drug-likeness (QED) is 0.619. The number of nitrogens with zero attached hydrogens (tertiary/aromatic N) is 2. The minimum atomic E-state index is 0.705. The van der Waals surface area contributed by atoms with Crippen molar-refractivity contribution < 1.29 is 4.74 Å². The van der Waals surface area contributed by atoms with E-state index in [-0.39, 0.29) is 0 Å². The van der Waals surface area contributed by atoms with Crippen LogP contribution in [-0.4, -0.2) is 38.6 Å². The molecule has 0 atom stereocenters. The van der Waals surface area contributed by atoms with Crippen molar-refractivity contribution >= 4 is 5.96 Å². The molecule has 0 radical (unpaired) electrons. The highest BCUT2D eigenvalue weighted by Gasteiger charge is 2.09. The largest absolute Gasteiger partial charge is 0.497 e. The smallest absolute Gasteiger partial charge is 0.193 e. The molecule has 0 amide bonds. The minimum Gasteiger partial charge on any atom is -0.497 e. The Morgan fingerprint density at radius 3 is 2.33 bits per heavy atom. The van der Waals surface area contributed by atoms with E-state index in [1.165, 1.54) is 18.4 Å². The highest BCUT2D eigenvalue weighted by molar-refractivity contribution is 5.79. The molecule has 0 saturated carbocycles. The summed E-state index contributed by atoms with van der Waals surface area (Å²) < 4.78 is 5.18. The fourth-order valence-electron chi connectivity index (χ4n) is 2.28. The standard InChI is InChI=1S/C17H29N3O/c1-6-14(7-2)12-19-17(18-3)20(4)13-15-8-10-16(21-5)11-9-15/h8-11,14H,6-7,12-13H2,1-5H3,(H,18,19). The van der Waals surface area contributed by atoms with E-state index >= 15 is 0 Å². The molecule has 1 aromatic carbocycles. The second-order valence-corrected chi connectivity index (χ2v) is 5.31. The van der Waals surface area contributed by atoms with Crippen LogP contribution < -0.4 is 10.1 Å². The maximum atomic E-state index is 5.18. The summed E-state index contributed by atoms with van der Waals surface area (Å²) in [6.07, 6.45) is 2.39. The fraction of sp³-hybridized carbons (Fsp3) is 0.588. The topological polar surface area (TPSA) is 36.9 Å². The summed E-state index contributed by atoms with van der Waals surface area (Å²) in [5.41, 5.74) is 1.24. The summed E-state index contributed by atoms with van der Waals surface area (Å²) in [5, 5.41) is 3.47. The summed E-state index contributed by atoms with van der Waals surface area (Å²) >= 11 is 0. The normalized spacial score (nSPS) is 11.6. The summed E-state index contributed by atoms with van der Waals surface area (Å²) in [4.78, 5) is 6.51. The van der Waals surface area contributed by atoms with Crippen LogP contribution in [0, 0.1) is 5.92 Å². The number of hydrogen-bond acceptors (Lipinski definition) is 2. The van der Waals surface area contributed by atoms with Gasteiger partial charge in [0.05, 0.1) is 7.11 Å². The van der Waals surface area contributed by atoms with Crippen LogP contribution in [0.2, 0.25) is 0 Å². The van der Waals surface area contributed by atoms with Crippen LogP contribution in [0.5, 0.6) is 5.75 Å². The maximum Gasteiger partial charge on any atom is 0.193 e. The zero-order chi connectivity index (χ0) is 15.7. The number of hydrogen-bond donors (Lipinski definition) is 1. The first-order valence-corrected chi connectivity index (χ1v) is 7.69. The molecule has 0 fully saturated rings. The van der Waals surface area contributed by atoms with Gasteiger partial charge in [-0.05, 0) is 23.6 Å². The molecule has 4 nitrogen and oxygen atoms in total. The minimum absolute atomic E-state index is 0.705. The number of benzene rings is 1. The SMILES string of the molecule is CCC(CC)CNC(=NC)N(C)Cc1ccc(OC)cc1. The Hall–Kier alpha value is -1.71. The van der Waals surface area contributed by atoms with Crippen LogP contribution >= 0.6 is 0 Å². The first-order chi connectivity index (χ1) is 10.1. The summed E-state index contributed by atoms with van der Waals surface area (Å²) in [7, 11) is 5.58. The number of ether oxygens (including phenoxy) is 1. The van der Waals surface area contributed by atoms with Gasteiger partial charge in [-0.2, -0.15) is 0 Å². The monoisotopic (exact) mass is 291 g/mol. The molecule has 0 aromatic heterocycles. The molecule has 0 bridgehead atoms. The lowest BCUT2D eigenvalue weighted by molar-refractivity contribution is 0.413. The van der Waals surface area contributed by atoms with Crippen molar-refractivity contribution in [1.82, 2.24) is 10.2 Å². The van der Waals surface area contributed by atoms with E-state index < -0.39 is 0 Å². The Balaban J connectivity index is 2.56. The molecule has 0 aliphatic rings. The van der Waals surface area contributed by atoms with Crippen molar-refractivity contribution in [2.45, 2.75) is 33.2 Å². The van der Waals surface area contributed by atoms with E-state index in [1.54, 1.807) is 7.11 Å². The molecular formula is C17H29N3O. The van der Waals surface area contributed by atoms with Gasteiger partial charge in [-0.3, -0.25) is 4.99 Å². The van der Waals surface area contributed by atoms with Crippen molar-refractivity contribution in [2.75, 3.05) is 27.7 Å². The first kappa shape index (κ1) is 17.3. The summed E-state index contributed by atoms with van der Waals surface area (Å²) in [6.45, 7) is 6.28. The van der Waals surface area contributed by atoms with Crippen molar-refractivity contribution in [1.29, 1.82) is 0 Å². The lowest BCUT2D eigenvalue weighted by Crippen LogP contribution is -2.40. The van der Waals surface area contributed by atoms with Crippen LogP contribution in [0.4, 0.5) is 0 Å². The fourth-order valence-corrected chi connectivity index (χ4v) is 2.28. The third kappa shape index (κ3) is 5.66. The number of guanidine groups is 1. The van der Waals surface area contributed by atoms with Gasteiger partial charge in [-0.15, -0.1) is 0 Å². The lowest BCUT2D eigenvalue weighted by atomic mass is 10.0. The van der Waals surface area contributed by atoms with E-state index in [4.69, 9.17) is 4.74 Å². The molecule has 1 N–H and O–H groups in total. The Morgan fingerprint density at radius 2 is 1.86 bits per heavy atom. The third-order valence-corrected chi connectivity index (χ3v) is 3.86. The lowest BCUT2D eigenvalue weighted by Gasteiger charge is -2.24. The first-order valence-electron chi connectivity index (χ1n) is 7.69. The van der Waals surface area contributed by atoms with E-state index in [2.05, 4.69) is 48.2 Å². The van der Waals surface area contributed by atoms with Gasteiger partial charge < -0.3 is 15.0 Å². The third-order valence-electron chi connectivity index (χ3n) is 3.86. The molecule has 1 rings (SSSR count). The average Bonchev–Trinajstić information content (AvgIpc) is 2.52. The van der Waals surface area contributed by atoms with Crippen molar-refractivity contribution in [3.05, 3.63) is 29.8 Å². The van der Waals surface area contributed by atoms with Gasteiger partial charge in [-0.25, -0.2) is 0 Å². The van der Waals surface area contributed by atoms with Crippen LogP contribution in [0.1, 0.15) is 32.3 Å². The molecule has 0 saturated heterocycles. The van der Waals surface area contributed by atoms with Crippen LogP contribution in [-0.2, 0) is 6.54 Å². The van der Waals surface area contributed by atoms with Crippen LogP contribution in [0.25, 0.3) is 0 Å². The molecule has 118 valence electrons. The Labute approximate surface area is 129 Å². The molecule has 1 aromatic rings. The number of rotatable bonds is 7. The van der Waals surface area contributed by atoms with Gasteiger partial charge in [0.1, 0.15) is 5.75 Å². The van der Waals surface area contributed by atoms with Gasteiger partial charge in [0.2, 0.25) is 0 Å². The number of aliphatic imine (C=N–C) groups is 1. The molecule has 21 heavy (non-hydrogen) atoms. The van der Waals surface area contributed by atoms with E-state index in [0.717, 1.165) is 24.8 Å². The van der Waals surface area contributed by atoms with Gasteiger partial charge in [0.15, 0.2) is 5.96 Å². The van der Waals surface area contributed by atoms with Gasteiger partial charge in [0, 0.05) is 27.2 Å². The van der Waals surface area contributed by atoms with Gasteiger partial charge in [0.25, 0.3) is 0 Å². The summed E-state index contributed by atoms with van der Waals surface area (Å²) in [5.74, 6) is 2.53. The van der Waals surface area contributed by atoms with Crippen molar-refractivity contribution in [3.63, 3.8) is 0 Å². The van der Waals surface area contributed by atoms with Gasteiger partial charge in [-0.1, -0.05) is 38.8 Å². The molecule has 0 spiro atoms. The Bertz CT molecular complexity index is 424. The molecule has 0 unspecified atom stereocenters. The zero-order valence-electron chi connectivity index (χ0n) is 14.0. The van der Waals surface area contributed by atoms with Crippen LogP contribution in [0.3, 0.4) is 0 Å². The van der Waals surface area contributed by atoms with E-state index in [0.29, 0.717) is 5.92 Å². The number of nitrogens with one attached hydrogen (secondary N) is 1. The van der Waals surface area contributed by atoms with Crippen molar-refractivity contribution in [3.8, 4) is 5.75 Å².